The first kappa shape index (κ1) is 19.5. The highest BCUT2D eigenvalue weighted by Crippen LogP contribution is 2.45. The molecule has 0 spiro atoms. The molecule has 0 bridgehead atoms. The SMILES string of the molecule is Cc1nnnn1-c1ccc(CC(=O)N2CC[C@H](O)[C@](CC3CC3)(C(=O)O)C2)cc1. The average molecular weight is 399 g/mol. The fourth-order valence-electron chi connectivity index (χ4n) is 4.14. The quantitative estimate of drug-likeness (QED) is 0.742. The summed E-state index contributed by atoms with van der Waals surface area (Å²) >= 11 is 0. The molecule has 0 radical (unpaired) electrons. The van der Waals surface area contributed by atoms with Crippen LogP contribution >= 0.6 is 0 Å². The van der Waals surface area contributed by atoms with Gasteiger partial charge in [0.2, 0.25) is 5.91 Å². The van der Waals surface area contributed by atoms with E-state index in [0.717, 1.165) is 24.1 Å². The lowest BCUT2D eigenvalue weighted by Crippen LogP contribution is -2.57. The van der Waals surface area contributed by atoms with E-state index in [2.05, 4.69) is 15.5 Å². The molecule has 2 aromatic rings. The van der Waals surface area contributed by atoms with E-state index in [1.165, 1.54) is 0 Å². The number of amides is 1. The van der Waals surface area contributed by atoms with Crippen molar-refractivity contribution in [2.24, 2.45) is 11.3 Å². The lowest BCUT2D eigenvalue weighted by molar-refractivity contribution is -0.167. The Balaban J connectivity index is 1.45. The van der Waals surface area contributed by atoms with Crippen LogP contribution < -0.4 is 0 Å². The van der Waals surface area contributed by atoms with Gasteiger partial charge in [-0.05, 0) is 53.8 Å². The molecule has 1 saturated carbocycles. The molecule has 1 amide bonds. The maximum absolute atomic E-state index is 12.9. The van der Waals surface area contributed by atoms with Gasteiger partial charge in [0, 0.05) is 13.1 Å². The van der Waals surface area contributed by atoms with Gasteiger partial charge >= 0.3 is 5.97 Å². The number of carboxylic acids is 1. The van der Waals surface area contributed by atoms with Crippen LogP contribution in [0.1, 0.15) is 37.1 Å². The molecule has 29 heavy (non-hydrogen) atoms. The summed E-state index contributed by atoms with van der Waals surface area (Å²) in [7, 11) is 0. The number of piperidine rings is 1. The van der Waals surface area contributed by atoms with Crippen molar-refractivity contribution in [3.8, 4) is 5.69 Å². The second-order valence-corrected chi connectivity index (χ2v) is 8.21. The molecule has 9 heteroatoms. The molecule has 2 atom stereocenters. The summed E-state index contributed by atoms with van der Waals surface area (Å²) < 4.78 is 1.61. The predicted molar refractivity (Wildman–Crippen MR) is 102 cm³/mol. The minimum absolute atomic E-state index is 0.0702. The summed E-state index contributed by atoms with van der Waals surface area (Å²) in [6, 6.07) is 7.39. The number of carbonyl (C=O) groups excluding carboxylic acids is 1. The molecule has 2 N–H and O–H groups in total. The zero-order chi connectivity index (χ0) is 20.6. The molecule has 9 nitrogen and oxygen atoms in total. The van der Waals surface area contributed by atoms with E-state index in [-0.39, 0.29) is 18.9 Å². The largest absolute Gasteiger partial charge is 0.481 e. The zero-order valence-corrected chi connectivity index (χ0v) is 16.4. The highest BCUT2D eigenvalue weighted by molar-refractivity contribution is 5.81. The monoisotopic (exact) mass is 399 g/mol. The predicted octanol–water partition coefficient (Wildman–Crippen LogP) is 0.978. The van der Waals surface area contributed by atoms with Gasteiger partial charge in [0.1, 0.15) is 5.41 Å². The fourth-order valence-corrected chi connectivity index (χ4v) is 4.14. The number of hydrogen-bond acceptors (Lipinski definition) is 6. The topological polar surface area (TPSA) is 121 Å². The van der Waals surface area contributed by atoms with Crippen LogP contribution in [-0.2, 0) is 16.0 Å². The Hall–Kier alpha value is -2.81. The van der Waals surface area contributed by atoms with E-state index in [9.17, 15) is 19.8 Å². The van der Waals surface area contributed by atoms with Gasteiger partial charge in [0.05, 0.1) is 18.2 Å². The van der Waals surface area contributed by atoms with Gasteiger partial charge in [-0.15, -0.1) is 5.10 Å². The van der Waals surface area contributed by atoms with Crippen LogP contribution in [-0.4, -0.2) is 66.4 Å². The van der Waals surface area contributed by atoms with Crippen molar-refractivity contribution in [1.82, 2.24) is 25.1 Å². The van der Waals surface area contributed by atoms with Crippen LogP contribution in [0.2, 0.25) is 0 Å². The maximum Gasteiger partial charge on any atom is 0.314 e. The minimum atomic E-state index is -1.25. The Bertz CT molecular complexity index is 908. The zero-order valence-electron chi connectivity index (χ0n) is 16.4. The first-order valence-electron chi connectivity index (χ1n) is 9.92. The fraction of sp³-hybridized carbons (Fsp3) is 0.550. The van der Waals surface area contributed by atoms with Gasteiger partial charge in [0.25, 0.3) is 0 Å². The highest BCUT2D eigenvalue weighted by Gasteiger charge is 2.52. The Morgan fingerprint density at radius 2 is 1.93 bits per heavy atom. The molecule has 2 aliphatic rings. The molecule has 1 aliphatic carbocycles. The normalized spacial score (nSPS) is 24.5. The third kappa shape index (κ3) is 3.87. The first-order chi connectivity index (χ1) is 13.9. The van der Waals surface area contributed by atoms with Crippen LogP contribution in [0.25, 0.3) is 5.69 Å². The number of likely N-dealkylation sites (tertiary alicyclic amines) is 1. The van der Waals surface area contributed by atoms with Crippen LogP contribution in [0.4, 0.5) is 0 Å². The van der Waals surface area contributed by atoms with Gasteiger partial charge in [-0.25, -0.2) is 0 Å². The van der Waals surface area contributed by atoms with Crippen molar-refractivity contribution in [3.05, 3.63) is 35.7 Å². The highest BCUT2D eigenvalue weighted by atomic mass is 16.4. The van der Waals surface area contributed by atoms with E-state index in [1.807, 2.05) is 24.3 Å². The van der Waals surface area contributed by atoms with Crippen LogP contribution in [0, 0.1) is 18.3 Å². The number of carboxylic acid groups (broad SMARTS) is 1. The molecular formula is C20H25N5O4. The standard InChI is InChI=1S/C20H25N5O4/c1-13-21-22-23-25(13)16-6-4-14(5-7-16)10-18(27)24-9-8-17(26)20(12-24,19(28)29)11-15-2-3-15/h4-7,15,17,26H,2-3,8-12H2,1H3,(H,28,29)/t17-,20+/m0/s1. The number of rotatable bonds is 6. The number of aliphatic carboxylic acids is 1. The summed E-state index contributed by atoms with van der Waals surface area (Å²) in [5.41, 5.74) is 0.383. The van der Waals surface area contributed by atoms with Crippen molar-refractivity contribution in [1.29, 1.82) is 0 Å². The van der Waals surface area contributed by atoms with Crippen molar-refractivity contribution in [3.63, 3.8) is 0 Å². The Labute approximate surface area is 168 Å². The third-order valence-corrected chi connectivity index (χ3v) is 6.07. The summed E-state index contributed by atoms with van der Waals surface area (Å²) in [5, 5.41) is 31.7. The number of hydrogen-bond donors (Lipinski definition) is 2. The molecule has 154 valence electrons. The first-order valence-corrected chi connectivity index (χ1v) is 9.92. The molecule has 1 aliphatic heterocycles. The lowest BCUT2D eigenvalue weighted by atomic mass is 9.73. The van der Waals surface area contributed by atoms with Gasteiger partial charge < -0.3 is 15.1 Å². The van der Waals surface area contributed by atoms with E-state index in [4.69, 9.17) is 0 Å². The van der Waals surface area contributed by atoms with Crippen LogP contribution in [0.3, 0.4) is 0 Å². The molecule has 1 aromatic carbocycles. The number of aryl methyl sites for hydroxylation is 1. The number of carbonyl (C=O) groups is 2. The number of nitrogens with zero attached hydrogens (tertiary/aromatic N) is 5. The molecule has 0 unspecified atom stereocenters. The Morgan fingerprint density at radius 1 is 1.21 bits per heavy atom. The smallest absolute Gasteiger partial charge is 0.314 e. The number of tetrazole rings is 1. The van der Waals surface area contributed by atoms with Crippen molar-refractivity contribution in [2.45, 2.75) is 45.1 Å². The van der Waals surface area contributed by atoms with Crippen LogP contribution in [0.5, 0.6) is 0 Å². The summed E-state index contributed by atoms with van der Waals surface area (Å²) in [6.45, 7) is 2.25. The van der Waals surface area contributed by atoms with Crippen LogP contribution in [0.15, 0.2) is 24.3 Å². The second-order valence-electron chi connectivity index (χ2n) is 8.21. The molecule has 1 aromatic heterocycles. The van der Waals surface area contributed by atoms with E-state index < -0.39 is 17.5 Å². The molecule has 1 saturated heterocycles. The van der Waals surface area contributed by atoms with Crippen molar-refractivity contribution < 1.29 is 19.8 Å². The summed E-state index contributed by atoms with van der Waals surface area (Å²) in [6.07, 6.45) is 2.01. The van der Waals surface area contributed by atoms with Crippen molar-refractivity contribution >= 4 is 11.9 Å². The van der Waals surface area contributed by atoms with Crippen molar-refractivity contribution in [2.75, 3.05) is 13.1 Å². The van der Waals surface area contributed by atoms with E-state index in [0.29, 0.717) is 31.1 Å². The average Bonchev–Trinajstić information content (AvgIpc) is 3.41. The molecule has 2 heterocycles. The van der Waals surface area contributed by atoms with Gasteiger partial charge in [-0.1, -0.05) is 25.0 Å². The molecule has 2 fully saturated rings. The van der Waals surface area contributed by atoms with E-state index in [1.54, 1.807) is 16.5 Å². The molecular weight excluding hydrogens is 374 g/mol. The lowest BCUT2D eigenvalue weighted by Gasteiger charge is -2.43. The maximum atomic E-state index is 12.9. The number of aliphatic hydroxyl groups excluding tert-OH is 1. The van der Waals surface area contributed by atoms with Gasteiger partial charge in [-0.2, -0.15) is 4.68 Å². The van der Waals surface area contributed by atoms with E-state index >= 15 is 0 Å². The van der Waals surface area contributed by atoms with Gasteiger partial charge in [0.15, 0.2) is 5.82 Å². The second kappa shape index (κ2) is 7.55. The number of aliphatic hydroxyl groups is 1. The number of benzene rings is 1. The number of aromatic nitrogens is 4. The third-order valence-electron chi connectivity index (χ3n) is 6.07. The summed E-state index contributed by atoms with van der Waals surface area (Å²) in [5.74, 6) is -0.111. The molecule has 4 rings (SSSR count). The Kier molecular flexibility index (Phi) is 5.08. The Morgan fingerprint density at radius 3 is 2.52 bits per heavy atom. The minimum Gasteiger partial charge on any atom is -0.481 e. The summed E-state index contributed by atoms with van der Waals surface area (Å²) in [4.78, 5) is 26.5. The van der Waals surface area contributed by atoms with Gasteiger partial charge in [-0.3, -0.25) is 9.59 Å².